The van der Waals surface area contributed by atoms with Crippen LogP contribution in [0.5, 0.6) is 0 Å². The second-order valence-corrected chi connectivity index (χ2v) is 23.9. The average Bonchev–Trinajstić information content (AvgIpc) is 3.50. The van der Waals surface area contributed by atoms with Crippen LogP contribution in [0, 0.1) is 0 Å². The summed E-state index contributed by atoms with van der Waals surface area (Å²) in [5.41, 5.74) is 0. The fourth-order valence-electron chi connectivity index (χ4n) is 10.9. The van der Waals surface area contributed by atoms with E-state index in [-0.39, 0.29) is 18.5 Å². The van der Waals surface area contributed by atoms with Gasteiger partial charge in [0.15, 0.2) is 6.29 Å². The Morgan fingerprint density at radius 2 is 0.823 bits per heavy atom. The third-order valence-electron chi connectivity index (χ3n) is 16.3. The maximum absolute atomic E-state index is 13.1. The van der Waals surface area contributed by atoms with Crippen LogP contribution in [0.15, 0.2) is 24.3 Å². The summed E-state index contributed by atoms with van der Waals surface area (Å²) in [5, 5.41) is 54.5. The molecule has 1 aliphatic heterocycles. The molecule has 0 bridgehead atoms. The Bertz CT molecular complexity index is 1360. The van der Waals surface area contributed by atoms with Crippen LogP contribution in [-0.2, 0) is 23.8 Å². The number of aliphatic hydroxyl groups excluding tert-OH is 5. The molecule has 1 aliphatic rings. The van der Waals surface area contributed by atoms with Gasteiger partial charge in [-0.2, -0.15) is 0 Å². The maximum Gasteiger partial charge on any atom is 0.305 e. The van der Waals surface area contributed by atoms with E-state index in [0.29, 0.717) is 19.4 Å². The summed E-state index contributed by atoms with van der Waals surface area (Å²) < 4.78 is 16.7. The number of nitrogens with one attached hydrogen (secondary N) is 1. The van der Waals surface area contributed by atoms with E-state index in [1.54, 1.807) is 6.08 Å². The van der Waals surface area contributed by atoms with Crippen molar-refractivity contribution in [2.75, 3.05) is 19.8 Å². The summed E-state index contributed by atoms with van der Waals surface area (Å²) in [6, 6.07) is -0.825. The molecule has 11 heteroatoms. The first-order chi connectivity index (χ1) is 38.7. The highest BCUT2D eigenvalue weighted by molar-refractivity contribution is 5.76. The van der Waals surface area contributed by atoms with Crippen LogP contribution in [0.3, 0.4) is 0 Å². The van der Waals surface area contributed by atoms with Gasteiger partial charge >= 0.3 is 5.97 Å². The number of carbonyl (C=O) groups excluding carboxylic acids is 2. The van der Waals surface area contributed by atoms with E-state index in [1.807, 2.05) is 6.08 Å². The second-order valence-electron chi connectivity index (χ2n) is 23.9. The Balaban J connectivity index is 2.01. The molecule has 0 aromatic carbocycles. The molecule has 466 valence electrons. The lowest BCUT2D eigenvalue weighted by molar-refractivity contribution is -0.302. The Kier molecular flexibility index (Phi) is 55.1. The molecule has 1 saturated heterocycles. The number of esters is 1. The van der Waals surface area contributed by atoms with Crippen molar-refractivity contribution in [1.82, 2.24) is 5.32 Å². The molecule has 79 heavy (non-hydrogen) atoms. The molecule has 1 heterocycles. The fraction of sp³-hybridized carbons (Fsp3) is 0.912. The van der Waals surface area contributed by atoms with Gasteiger partial charge in [0.2, 0.25) is 5.91 Å². The Hall–Kier alpha value is -1.86. The van der Waals surface area contributed by atoms with Gasteiger partial charge in [0.05, 0.1) is 32.0 Å². The van der Waals surface area contributed by atoms with Crippen LogP contribution in [0.2, 0.25) is 0 Å². The van der Waals surface area contributed by atoms with Crippen molar-refractivity contribution < 1.29 is 49.3 Å². The monoisotopic (exact) mass is 1120 g/mol. The van der Waals surface area contributed by atoms with Crippen LogP contribution in [0.1, 0.15) is 335 Å². The Morgan fingerprint density at radius 3 is 1.25 bits per heavy atom. The van der Waals surface area contributed by atoms with Gasteiger partial charge in [-0.25, -0.2) is 0 Å². The van der Waals surface area contributed by atoms with Crippen LogP contribution >= 0.6 is 0 Å². The zero-order valence-corrected chi connectivity index (χ0v) is 51.6. The second kappa shape index (κ2) is 57.9. The summed E-state index contributed by atoms with van der Waals surface area (Å²) >= 11 is 0. The highest BCUT2D eigenvalue weighted by atomic mass is 16.7. The molecular weight excluding hydrogens is 991 g/mol. The van der Waals surface area contributed by atoms with Crippen molar-refractivity contribution in [1.29, 1.82) is 0 Å². The Labute approximate surface area is 486 Å². The molecule has 0 aromatic heterocycles. The van der Waals surface area contributed by atoms with Gasteiger partial charge in [0.1, 0.15) is 24.4 Å². The smallest absolute Gasteiger partial charge is 0.305 e. The predicted molar refractivity (Wildman–Crippen MR) is 329 cm³/mol. The van der Waals surface area contributed by atoms with Crippen molar-refractivity contribution in [3.8, 4) is 0 Å². The first kappa shape index (κ1) is 75.2. The highest BCUT2D eigenvalue weighted by Crippen LogP contribution is 2.23. The van der Waals surface area contributed by atoms with Crippen LogP contribution in [0.25, 0.3) is 0 Å². The third kappa shape index (κ3) is 47.2. The van der Waals surface area contributed by atoms with Crippen LogP contribution in [-0.4, -0.2) is 100 Å². The number of ether oxygens (including phenoxy) is 3. The summed E-state index contributed by atoms with van der Waals surface area (Å²) in [5.74, 6) is -0.181. The zero-order valence-electron chi connectivity index (χ0n) is 51.6. The van der Waals surface area contributed by atoms with E-state index in [2.05, 4.69) is 31.3 Å². The Morgan fingerprint density at radius 1 is 0.456 bits per heavy atom. The average molecular weight is 1120 g/mol. The number of allylic oxidation sites excluding steroid dienone is 3. The molecule has 1 fully saturated rings. The normalized spacial score (nSPS) is 18.5. The van der Waals surface area contributed by atoms with Crippen molar-refractivity contribution in [3.05, 3.63) is 24.3 Å². The molecule has 1 amide bonds. The molecule has 11 nitrogen and oxygen atoms in total. The quantitative estimate of drug-likeness (QED) is 0.0195. The topological polar surface area (TPSA) is 175 Å². The van der Waals surface area contributed by atoms with Gasteiger partial charge in [0, 0.05) is 12.8 Å². The van der Waals surface area contributed by atoms with Crippen molar-refractivity contribution in [3.63, 3.8) is 0 Å². The predicted octanol–water partition coefficient (Wildman–Crippen LogP) is 16.8. The fourth-order valence-corrected chi connectivity index (χ4v) is 10.9. The largest absolute Gasteiger partial charge is 0.466 e. The number of rotatable bonds is 60. The van der Waals surface area contributed by atoms with E-state index >= 15 is 0 Å². The van der Waals surface area contributed by atoms with E-state index in [4.69, 9.17) is 14.2 Å². The number of hydrogen-bond acceptors (Lipinski definition) is 10. The lowest BCUT2D eigenvalue weighted by Crippen LogP contribution is -2.60. The number of aliphatic hydroxyl groups is 5. The summed E-state index contributed by atoms with van der Waals surface area (Å²) in [7, 11) is 0. The SMILES string of the molecule is CCCCCCCCCC/C=C/CC/C=C/C(O)C(COC1OC(CO)C(O)C(O)C1O)NC(=O)CCCCCCCCCCCCCCCCCCCCCCCCCCCCOC(=O)CCCCCCCCCCCCC. The van der Waals surface area contributed by atoms with Gasteiger partial charge in [-0.15, -0.1) is 0 Å². The lowest BCUT2D eigenvalue weighted by atomic mass is 9.99. The molecule has 7 unspecified atom stereocenters. The van der Waals surface area contributed by atoms with Gasteiger partial charge < -0.3 is 45.1 Å². The molecular formula is C68H129NO10. The summed E-state index contributed by atoms with van der Waals surface area (Å²) in [6.07, 6.45) is 61.5. The first-order valence-electron chi connectivity index (χ1n) is 34.1. The van der Waals surface area contributed by atoms with E-state index in [0.717, 1.165) is 57.8 Å². The van der Waals surface area contributed by atoms with E-state index in [9.17, 15) is 35.1 Å². The molecule has 1 rings (SSSR count). The molecule has 0 saturated carbocycles. The van der Waals surface area contributed by atoms with Gasteiger partial charge in [-0.3, -0.25) is 9.59 Å². The molecule has 0 spiro atoms. The van der Waals surface area contributed by atoms with Crippen LogP contribution in [0.4, 0.5) is 0 Å². The molecule has 0 radical (unpaired) electrons. The first-order valence-corrected chi connectivity index (χ1v) is 34.1. The van der Waals surface area contributed by atoms with Crippen LogP contribution < -0.4 is 5.32 Å². The minimum Gasteiger partial charge on any atom is -0.466 e. The summed E-state index contributed by atoms with van der Waals surface area (Å²) in [4.78, 5) is 25.1. The molecule has 6 N–H and O–H groups in total. The highest BCUT2D eigenvalue weighted by Gasteiger charge is 2.44. The van der Waals surface area contributed by atoms with Gasteiger partial charge in [0.25, 0.3) is 0 Å². The summed E-state index contributed by atoms with van der Waals surface area (Å²) in [6.45, 7) is 4.35. The van der Waals surface area contributed by atoms with E-state index < -0.39 is 49.5 Å². The third-order valence-corrected chi connectivity index (χ3v) is 16.3. The molecule has 7 atom stereocenters. The van der Waals surface area contributed by atoms with Gasteiger partial charge in [-0.05, 0) is 44.9 Å². The number of amides is 1. The maximum atomic E-state index is 13.1. The lowest BCUT2D eigenvalue weighted by Gasteiger charge is -2.40. The minimum atomic E-state index is -1.58. The van der Waals surface area contributed by atoms with E-state index in [1.165, 1.54) is 250 Å². The zero-order chi connectivity index (χ0) is 57.3. The minimum absolute atomic E-state index is 0.00707. The van der Waals surface area contributed by atoms with Gasteiger partial charge in [-0.1, -0.05) is 301 Å². The standard InChI is InChI=1S/C68H129NO10/c1-3-5-7-9-11-13-15-16-31-35-38-42-46-50-54-61(71)60(59-78-68-67(76)66(75)65(74)62(58-70)79-68)69-63(72)55-51-47-43-39-36-32-29-27-25-23-21-19-17-18-20-22-24-26-28-30-33-37-41-45-49-53-57-77-64(73)56-52-48-44-40-34-14-12-10-8-6-4-2/h35,38,50,54,60-62,65-68,70-71,74-76H,3-34,36-37,39-49,51-53,55-59H2,1-2H3,(H,69,72)/b38-35+,54-50+. The number of unbranched alkanes of at least 4 members (excludes halogenated alkanes) is 44. The van der Waals surface area contributed by atoms with Crippen molar-refractivity contribution in [2.45, 2.75) is 378 Å². The molecule has 0 aromatic rings. The number of carbonyl (C=O) groups is 2. The number of hydrogen-bond donors (Lipinski definition) is 6. The van der Waals surface area contributed by atoms with Crippen molar-refractivity contribution in [2.24, 2.45) is 0 Å². The van der Waals surface area contributed by atoms with Crippen molar-refractivity contribution >= 4 is 11.9 Å². The molecule has 0 aliphatic carbocycles.